The van der Waals surface area contributed by atoms with Crippen LogP contribution in [0.4, 0.5) is 10.5 Å². The van der Waals surface area contributed by atoms with Gasteiger partial charge >= 0.3 is 12.0 Å². The minimum Gasteiger partial charge on any atom is -0.478 e. The number of hydrogen-bond donors (Lipinski definition) is 3. The average molecular weight is 274 g/mol. The molecule has 1 aromatic rings. The zero-order valence-corrected chi connectivity index (χ0v) is 11.6. The second-order valence-corrected chi connectivity index (χ2v) is 4.44. The summed E-state index contributed by atoms with van der Waals surface area (Å²) >= 11 is 0. The van der Waals surface area contributed by atoms with Gasteiger partial charge < -0.3 is 15.7 Å². The highest BCUT2D eigenvalue weighted by Crippen LogP contribution is 2.15. The predicted molar refractivity (Wildman–Crippen MR) is 77.8 cm³/mol. The molecule has 0 saturated carbocycles. The Labute approximate surface area is 118 Å². The van der Waals surface area contributed by atoms with Crippen LogP contribution >= 0.6 is 0 Å². The molecular formula is C15H18N2O3. The lowest BCUT2D eigenvalue weighted by Crippen LogP contribution is -2.37. The number of carbonyl (C=O) groups is 2. The van der Waals surface area contributed by atoms with E-state index >= 15 is 0 Å². The summed E-state index contributed by atoms with van der Waals surface area (Å²) in [5.74, 6) is 1.51. The van der Waals surface area contributed by atoms with E-state index in [0.717, 1.165) is 6.42 Å². The van der Waals surface area contributed by atoms with Gasteiger partial charge in [0.1, 0.15) is 0 Å². The van der Waals surface area contributed by atoms with Crippen LogP contribution in [0, 0.1) is 19.3 Å². The summed E-state index contributed by atoms with van der Waals surface area (Å²) in [7, 11) is 0. The van der Waals surface area contributed by atoms with E-state index in [-0.39, 0.29) is 11.6 Å². The molecule has 0 aliphatic rings. The SMILES string of the molecule is C#CC(CCC)NC(=O)Nc1ccc(C(=O)O)c(C)c1. The summed E-state index contributed by atoms with van der Waals surface area (Å²) in [6.07, 6.45) is 6.91. The fraction of sp³-hybridized carbons (Fsp3) is 0.333. The number of urea groups is 1. The van der Waals surface area contributed by atoms with E-state index in [2.05, 4.69) is 16.6 Å². The van der Waals surface area contributed by atoms with Gasteiger partial charge in [0.05, 0.1) is 11.6 Å². The van der Waals surface area contributed by atoms with Crippen molar-refractivity contribution in [2.45, 2.75) is 32.7 Å². The van der Waals surface area contributed by atoms with E-state index in [9.17, 15) is 9.59 Å². The van der Waals surface area contributed by atoms with Crippen LogP contribution in [0.5, 0.6) is 0 Å². The Morgan fingerprint density at radius 1 is 1.45 bits per heavy atom. The van der Waals surface area contributed by atoms with Crippen molar-refractivity contribution < 1.29 is 14.7 Å². The molecule has 2 amide bonds. The van der Waals surface area contributed by atoms with Gasteiger partial charge in [-0.05, 0) is 37.1 Å². The van der Waals surface area contributed by atoms with Crippen molar-refractivity contribution in [1.29, 1.82) is 0 Å². The molecule has 106 valence electrons. The van der Waals surface area contributed by atoms with Gasteiger partial charge in [0, 0.05) is 5.69 Å². The van der Waals surface area contributed by atoms with Crippen molar-refractivity contribution in [3.05, 3.63) is 29.3 Å². The van der Waals surface area contributed by atoms with Gasteiger partial charge in [-0.2, -0.15) is 0 Å². The zero-order valence-electron chi connectivity index (χ0n) is 11.6. The van der Waals surface area contributed by atoms with Gasteiger partial charge in [0.15, 0.2) is 0 Å². The van der Waals surface area contributed by atoms with Gasteiger partial charge in [-0.1, -0.05) is 19.3 Å². The monoisotopic (exact) mass is 274 g/mol. The molecule has 0 heterocycles. The van der Waals surface area contributed by atoms with E-state index in [1.165, 1.54) is 6.07 Å². The van der Waals surface area contributed by atoms with Crippen LogP contribution in [0.15, 0.2) is 18.2 Å². The molecule has 1 aromatic carbocycles. The van der Waals surface area contributed by atoms with Crippen molar-refractivity contribution in [2.24, 2.45) is 0 Å². The van der Waals surface area contributed by atoms with Crippen molar-refractivity contribution >= 4 is 17.7 Å². The summed E-state index contributed by atoms with van der Waals surface area (Å²) in [5.41, 5.74) is 1.32. The fourth-order valence-electron chi connectivity index (χ4n) is 1.79. The van der Waals surface area contributed by atoms with Gasteiger partial charge in [-0.25, -0.2) is 9.59 Å². The first-order valence-corrected chi connectivity index (χ1v) is 6.35. The zero-order chi connectivity index (χ0) is 15.1. The van der Waals surface area contributed by atoms with E-state index < -0.39 is 12.0 Å². The Balaban J connectivity index is 2.69. The number of hydrogen-bond acceptors (Lipinski definition) is 2. The van der Waals surface area contributed by atoms with Crippen molar-refractivity contribution in [3.8, 4) is 12.3 Å². The molecule has 5 heteroatoms. The number of anilines is 1. The number of nitrogens with one attached hydrogen (secondary N) is 2. The second kappa shape index (κ2) is 7.19. The van der Waals surface area contributed by atoms with E-state index in [0.29, 0.717) is 17.7 Å². The number of terminal acetylenes is 1. The molecule has 1 atom stereocenters. The Kier molecular flexibility index (Phi) is 5.60. The number of rotatable bonds is 5. The molecular weight excluding hydrogens is 256 g/mol. The van der Waals surface area contributed by atoms with E-state index in [1.807, 2.05) is 6.92 Å². The molecule has 1 unspecified atom stereocenters. The molecule has 0 saturated heterocycles. The summed E-state index contributed by atoms with van der Waals surface area (Å²) in [6, 6.07) is 3.90. The maximum absolute atomic E-state index is 11.8. The van der Waals surface area contributed by atoms with Gasteiger partial charge in [-0.15, -0.1) is 6.42 Å². The molecule has 0 radical (unpaired) electrons. The molecule has 5 nitrogen and oxygen atoms in total. The van der Waals surface area contributed by atoms with Crippen LogP contribution in [-0.4, -0.2) is 23.1 Å². The molecule has 0 aromatic heterocycles. The smallest absolute Gasteiger partial charge is 0.335 e. The Hall–Kier alpha value is -2.48. The van der Waals surface area contributed by atoms with Gasteiger partial charge in [0.25, 0.3) is 0 Å². The molecule has 0 bridgehead atoms. The van der Waals surface area contributed by atoms with E-state index in [4.69, 9.17) is 11.5 Å². The number of carbonyl (C=O) groups excluding carboxylic acids is 1. The molecule has 3 N–H and O–H groups in total. The first-order valence-electron chi connectivity index (χ1n) is 6.35. The first kappa shape index (κ1) is 15.6. The van der Waals surface area contributed by atoms with Crippen LogP contribution in [0.3, 0.4) is 0 Å². The molecule has 0 fully saturated rings. The standard InChI is InChI=1S/C15H18N2O3/c1-4-6-11(5-2)16-15(20)17-12-7-8-13(14(18)19)10(3)9-12/h2,7-9,11H,4,6H2,1,3H3,(H,18,19)(H2,16,17,20). The first-order chi connectivity index (χ1) is 9.47. The van der Waals surface area contributed by atoms with Crippen LogP contribution in [-0.2, 0) is 0 Å². The van der Waals surface area contributed by atoms with Gasteiger partial charge in [-0.3, -0.25) is 0 Å². The Morgan fingerprint density at radius 3 is 2.65 bits per heavy atom. The number of carboxylic acid groups (broad SMARTS) is 1. The summed E-state index contributed by atoms with van der Waals surface area (Å²) in [5, 5.41) is 14.2. The van der Waals surface area contributed by atoms with Gasteiger partial charge in [0.2, 0.25) is 0 Å². The molecule has 1 rings (SSSR count). The molecule has 0 aliphatic heterocycles. The molecule has 20 heavy (non-hydrogen) atoms. The van der Waals surface area contributed by atoms with Crippen LogP contribution < -0.4 is 10.6 Å². The number of benzene rings is 1. The normalized spacial score (nSPS) is 11.2. The fourth-order valence-corrected chi connectivity index (χ4v) is 1.79. The summed E-state index contributed by atoms with van der Waals surface area (Å²) in [4.78, 5) is 22.6. The number of carboxylic acids is 1. The Bertz CT molecular complexity index is 547. The second-order valence-electron chi connectivity index (χ2n) is 4.44. The number of aromatic carboxylic acids is 1. The number of amides is 2. The highest BCUT2D eigenvalue weighted by Gasteiger charge is 2.11. The largest absolute Gasteiger partial charge is 0.478 e. The van der Waals surface area contributed by atoms with Crippen LogP contribution in [0.2, 0.25) is 0 Å². The predicted octanol–water partition coefficient (Wildman–Crippen LogP) is 2.62. The summed E-state index contributed by atoms with van der Waals surface area (Å²) < 4.78 is 0. The minimum atomic E-state index is -0.992. The number of aryl methyl sites for hydroxylation is 1. The minimum absolute atomic E-state index is 0.212. The lowest BCUT2D eigenvalue weighted by atomic mass is 10.1. The maximum atomic E-state index is 11.8. The highest BCUT2D eigenvalue weighted by molar-refractivity contribution is 5.93. The molecule has 0 aliphatic carbocycles. The van der Waals surface area contributed by atoms with E-state index in [1.54, 1.807) is 19.1 Å². The average Bonchev–Trinajstić information content (AvgIpc) is 2.37. The van der Waals surface area contributed by atoms with Crippen molar-refractivity contribution in [3.63, 3.8) is 0 Å². The quantitative estimate of drug-likeness (QED) is 0.722. The Morgan fingerprint density at radius 2 is 2.15 bits per heavy atom. The molecule has 0 spiro atoms. The lowest BCUT2D eigenvalue weighted by molar-refractivity contribution is 0.0696. The lowest BCUT2D eigenvalue weighted by Gasteiger charge is -2.13. The third-order valence-corrected chi connectivity index (χ3v) is 2.80. The van der Waals surface area contributed by atoms with Crippen molar-refractivity contribution in [2.75, 3.05) is 5.32 Å². The summed E-state index contributed by atoms with van der Waals surface area (Å²) in [6.45, 7) is 3.66. The maximum Gasteiger partial charge on any atom is 0.335 e. The van der Waals surface area contributed by atoms with Crippen molar-refractivity contribution in [1.82, 2.24) is 5.32 Å². The third kappa shape index (κ3) is 4.32. The van der Waals surface area contributed by atoms with Crippen LogP contribution in [0.25, 0.3) is 0 Å². The topological polar surface area (TPSA) is 78.4 Å². The third-order valence-electron chi connectivity index (χ3n) is 2.80. The van der Waals surface area contributed by atoms with Crippen LogP contribution in [0.1, 0.15) is 35.7 Å². The highest BCUT2D eigenvalue weighted by atomic mass is 16.4.